The van der Waals surface area contributed by atoms with Crippen LogP contribution in [0.2, 0.25) is 0 Å². The number of anilines is 1. The van der Waals surface area contributed by atoms with Gasteiger partial charge in [0.25, 0.3) is 11.8 Å². The molecule has 6 atom stereocenters. The Morgan fingerprint density at radius 3 is 2.36 bits per heavy atom. The lowest BCUT2D eigenvalue weighted by Gasteiger charge is -2.53. The molecule has 0 bridgehead atoms. The summed E-state index contributed by atoms with van der Waals surface area (Å²) < 4.78 is 5.55. The fourth-order valence-electron chi connectivity index (χ4n) is 7.77. The van der Waals surface area contributed by atoms with Gasteiger partial charge in [-0.3, -0.25) is 24.1 Å². The molecule has 2 amide bonds. The van der Waals surface area contributed by atoms with Crippen molar-refractivity contribution in [3.05, 3.63) is 69.5 Å². The zero-order valence-electron chi connectivity index (χ0n) is 26.1. The van der Waals surface area contributed by atoms with Crippen molar-refractivity contribution in [1.82, 2.24) is 4.90 Å². The van der Waals surface area contributed by atoms with E-state index in [1.807, 2.05) is 0 Å². The van der Waals surface area contributed by atoms with Crippen LogP contribution in [0.5, 0.6) is 5.75 Å². The van der Waals surface area contributed by atoms with E-state index in [0.29, 0.717) is 11.0 Å². The number of aromatic hydroxyl groups is 1. The van der Waals surface area contributed by atoms with Gasteiger partial charge in [0.1, 0.15) is 22.8 Å². The van der Waals surface area contributed by atoms with Gasteiger partial charge in [-0.25, -0.2) is 0 Å². The second-order valence-corrected chi connectivity index (χ2v) is 13.2. The van der Waals surface area contributed by atoms with Gasteiger partial charge in [-0.2, -0.15) is 0 Å². The summed E-state index contributed by atoms with van der Waals surface area (Å²) in [5.41, 5.74) is 1.08. The van der Waals surface area contributed by atoms with E-state index in [1.165, 1.54) is 43.3 Å². The molecule has 0 aromatic heterocycles. The molecule has 4 aliphatic rings. The largest absolute Gasteiger partial charge is 0.508 e. The number of Topliss-reactive ketones (excluding diaryl/α,β-unsaturated/α-hetero) is 2. The highest BCUT2D eigenvalue weighted by atomic mass is 16.5. The van der Waals surface area contributed by atoms with Crippen LogP contribution in [0.1, 0.15) is 53.7 Å². The number of rotatable bonds is 4. The molecule has 0 radical (unpaired) electrons. The minimum Gasteiger partial charge on any atom is -0.508 e. The molecule has 14 nitrogen and oxygen atoms in total. The number of aliphatic hydroxyl groups excluding tert-OH is 3. The van der Waals surface area contributed by atoms with E-state index in [0.717, 1.165) is 0 Å². The van der Waals surface area contributed by atoms with Gasteiger partial charge >= 0.3 is 7.12 Å². The number of nitrogens with two attached hydrogens (primary N) is 1. The standard InChI is InChI=1S/C32H34BN3O11/c1-11-13-7-9-16(35-30(44)12-6-8-14-15(10-12)33(46)47-31(14,2)3)23(37)18(13)24(38)19-17(11)25(39)21-22(36(4)5)26(40)20(29(34)43)28(42)32(21,45)27(19)41/h6-11,17,21-22,25,37-39,42,45-46H,1-5H3,(H2,34,43)(H,35,44)/t11-,17+,21+,22-,25-,32-/m0/s1. The predicted molar refractivity (Wildman–Crippen MR) is 166 cm³/mol. The first kappa shape index (κ1) is 32.4. The Hall–Kier alpha value is -4.54. The SMILES string of the molecule is C[C@H]1c2ccc(NC(=O)c3ccc4c(c3)B(O)OC4(C)C)c(O)c2C(O)=C2C(=O)[C@]3(O)C(O)=C(C(N)=O)C(=O)[C@@H](N(C)C)[C@@H]3[C@@H](O)[C@@H]21. The number of phenolic OH excluding ortho intramolecular Hbond substituents is 1. The van der Waals surface area contributed by atoms with Gasteiger partial charge in [0, 0.05) is 17.1 Å². The van der Waals surface area contributed by atoms with Crippen molar-refractivity contribution < 1.29 is 54.4 Å². The molecule has 9 N–H and O–H groups in total. The van der Waals surface area contributed by atoms with Crippen LogP contribution < -0.4 is 16.5 Å². The normalized spacial score (nSPS) is 29.4. The minimum absolute atomic E-state index is 0.130. The number of primary amides is 1. The zero-order valence-corrected chi connectivity index (χ0v) is 26.1. The summed E-state index contributed by atoms with van der Waals surface area (Å²) in [6.07, 6.45) is -1.73. The van der Waals surface area contributed by atoms with Crippen LogP contribution in [0.4, 0.5) is 5.69 Å². The molecule has 246 valence electrons. The quantitative estimate of drug-likeness (QED) is 0.121. The van der Waals surface area contributed by atoms with Crippen molar-refractivity contribution in [3.8, 4) is 5.75 Å². The van der Waals surface area contributed by atoms with Gasteiger partial charge < -0.3 is 46.3 Å². The summed E-state index contributed by atoms with van der Waals surface area (Å²) >= 11 is 0. The molecule has 1 aliphatic heterocycles. The van der Waals surface area contributed by atoms with E-state index in [-0.39, 0.29) is 22.4 Å². The molecule has 0 spiro atoms. The minimum atomic E-state index is -3.04. The Bertz CT molecular complexity index is 1870. The Balaban J connectivity index is 1.44. The fourth-order valence-corrected chi connectivity index (χ4v) is 7.77. The average Bonchev–Trinajstić information content (AvgIpc) is 3.22. The van der Waals surface area contributed by atoms with Crippen LogP contribution in [0, 0.1) is 11.8 Å². The van der Waals surface area contributed by atoms with Gasteiger partial charge in [0.2, 0.25) is 5.78 Å². The van der Waals surface area contributed by atoms with Gasteiger partial charge in [0.15, 0.2) is 11.4 Å². The lowest BCUT2D eigenvalue weighted by atomic mass is 9.54. The fraction of sp³-hybridized carbons (Fsp3) is 0.375. The van der Waals surface area contributed by atoms with Crippen LogP contribution in [0.15, 0.2) is 47.2 Å². The number of carbonyl (C=O) groups is 4. The smallest absolute Gasteiger partial charge is 0.492 e. The molecule has 0 saturated heterocycles. The second-order valence-electron chi connectivity index (χ2n) is 13.2. The number of aliphatic hydroxyl groups is 4. The van der Waals surface area contributed by atoms with Crippen molar-refractivity contribution >= 4 is 47.4 Å². The van der Waals surface area contributed by atoms with Gasteiger partial charge in [-0.15, -0.1) is 0 Å². The molecule has 47 heavy (non-hydrogen) atoms. The third-order valence-corrected chi connectivity index (χ3v) is 10.0. The second kappa shape index (κ2) is 10.5. The van der Waals surface area contributed by atoms with Gasteiger partial charge in [0.05, 0.1) is 34.9 Å². The van der Waals surface area contributed by atoms with E-state index in [9.17, 15) is 49.7 Å². The molecule has 2 aromatic rings. The van der Waals surface area contributed by atoms with Crippen molar-refractivity contribution in [2.24, 2.45) is 17.6 Å². The Labute approximate surface area is 268 Å². The number of phenols is 1. The molecular formula is C32H34BN3O11. The first-order valence-corrected chi connectivity index (χ1v) is 14.9. The van der Waals surface area contributed by atoms with Crippen LogP contribution in [0.25, 0.3) is 5.76 Å². The van der Waals surface area contributed by atoms with Crippen LogP contribution in [-0.4, -0.2) is 97.8 Å². The van der Waals surface area contributed by atoms with Gasteiger partial charge in [-0.05, 0) is 68.6 Å². The lowest BCUT2D eigenvalue weighted by molar-refractivity contribution is -0.169. The summed E-state index contributed by atoms with van der Waals surface area (Å²) in [4.78, 5) is 54.2. The first-order valence-electron chi connectivity index (χ1n) is 14.9. The summed E-state index contributed by atoms with van der Waals surface area (Å²) in [6.45, 7) is 5.15. The Morgan fingerprint density at radius 2 is 1.74 bits per heavy atom. The van der Waals surface area contributed by atoms with E-state index >= 15 is 0 Å². The molecule has 2 aromatic carbocycles. The summed E-state index contributed by atoms with van der Waals surface area (Å²) in [7, 11) is 1.61. The molecule has 1 heterocycles. The maximum atomic E-state index is 14.2. The number of amides is 2. The number of nitrogens with one attached hydrogen (secondary N) is 1. The van der Waals surface area contributed by atoms with Crippen molar-refractivity contribution in [1.29, 1.82) is 0 Å². The molecule has 1 fully saturated rings. The number of ketones is 2. The topological polar surface area (TPSA) is 240 Å². The van der Waals surface area contributed by atoms with E-state index < -0.39 is 100 Å². The maximum Gasteiger partial charge on any atom is 0.492 e. The number of hydrogen-bond acceptors (Lipinski definition) is 12. The van der Waals surface area contributed by atoms with Crippen molar-refractivity contribution in [2.45, 2.75) is 50.0 Å². The van der Waals surface area contributed by atoms with E-state index in [4.69, 9.17) is 10.4 Å². The highest BCUT2D eigenvalue weighted by molar-refractivity contribution is 6.62. The monoisotopic (exact) mass is 647 g/mol. The lowest BCUT2D eigenvalue weighted by Crippen LogP contribution is -2.70. The number of carbonyl (C=O) groups excluding carboxylic acids is 4. The third kappa shape index (κ3) is 4.31. The average molecular weight is 647 g/mol. The van der Waals surface area contributed by atoms with Crippen molar-refractivity contribution in [3.63, 3.8) is 0 Å². The number of benzene rings is 2. The Kier molecular flexibility index (Phi) is 7.23. The number of fused-ring (bicyclic) bond motifs is 4. The molecule has 15 heteroatoms. The predicted octanol–water partition coefficient (Wildman–Crippen LogP) is -0.299. The highest BCUT2D eigenvalue weighted by Gasteiger charge is 2.68. The summed E-state index contributed by atoms with van der Waals surface area (Å²) in [5, 5.41) is 70.4. The van der Waals surface area contributed by atoms with Crippen LogP contribution >= 0.6 is 0 Å². The number of nitrogens with zero attached hydrogens (tertiary/aromatic N) is 1. The third-order valence-electron chi connectivity index (χ3n) is 10.0. The van der Waals surface area contributed by atoms with Gasteiger partial charge in [-0.1, -0.05) is 19.1 Å². The molecular weight excluding hydrogens is 613 g/mol. The molecule has 1 saturated carbocycles. The van der Waals surface area contributed by atoms with Crippen LogP contribution in [-0.2, 0) is 24.6 Å². The molecule has 3 aliphatic carbocycles. The number of likely N-dealkylation sites (N-methyl/N-ethyl adjacent to an activating group) is 1. The Morgan fingerprint density at radius 1 is 1.09 bits per heavy atom. The highest BCUT2D eigenvalue weighted by Crippen LogP contribution is 2.56. The van der Waals surface area contributed by atoms with Crippen molar-refractivity contribution in [2.75, 3.05) is 19.4 Å². The first-order chi connectivity index (χ1) is 21.9. The van der Waals surface area contributed by atoms with E-state index in [1.54, 1.807) is 26.8 Å². The molecule has 6 rings (SSSR count). The summed E-state index contributed by atoms with van der Waals surface area (Å²) in [6, 6.07) is 6.04. The zero-order chi connectivity index (χ0) is 34.7. The van der Waals surface area contributed by atoms with E-state index in [2.05, 4.69) is 5.32 Å². The van der Waals surface area contributed by atoms with Crippen LogP contribution in [0.3, 0.4) is 0 Å². The maximum absolute atomic E-state index is 14.2. The number of hydrogen-bond donors (Lipinski definition) is 8. The summed E-state index contributed by atoms with van der Waals surface area (Å²) in [5.74, 6) is -10.9. The molecule has 0 unspecified atom stereocenters.